The average Bonchev–Trinajstić information content (AvgIpc) is 2.30. The molecule has 0 bridgehead atoms. The van der Waals surface area contributed by atoms with Gasteiger partial charge in [-0.3, -0.25) is 0 Å². The fourth-order valence-electron chi connectivity index (χ4n) is 1.38. The van der Waals surface area contributed by atoms with Gasteiger partial charge in [0.05, 0.1) is 11.0 Å². The summed E-state index contributed by atoms with van der Waals surface area (Å²) in [6.07, 6.45) is 0. The van der Waals surface area contributed by atoms with Crippen LogP contribution in [0.4, 0.5) is 14.5 Å². The van der Waals surface area contributed by atoms with Gasteiger partial charge in [-0.1, -0.05) is 23.9 Å². The largest absolute Gasteiger partial charge is 0.383 e. The SMILES string of the molecule is CC(C)S(=O)(=O)CCNc1ccccc1SC(F)F. The number of nitrogens with one attached hydrogen (secondary N) is 1. The third-order valence-electron chi connectivity index (χ3n) is 2.52. The van der Waals surface area contributed by atoms with Crippen molar-refractivity contribution in [3.8, 4) is 0 Å². The van der Waals surface area contributed by atoms with Crippen LogP contribution in [0.25, 0.3) is 0 Å². The van der Waals surface area contributed by atoms with E-state index in [2.05, 4.69) is 5.32 Å². The van der Waals surface area contributed by atoms with E-state index in [4.69, 9.17) is 0 Å². The van der Waals surface area contributed by atoms with E-state index in [1.165, 1.54) is 0 Å². The minimum absolute atomic E-state index is 0.0155. The van der Waals surface area contributed by atoms with Gasteiger partial charge in [0, 0.05) is 17.1 Å². The van der Waals surface area contributed by atoms with Gasteiger partial charge in [0.15, 0.2) is 9.84 Å². The van der Waals surface area contributed by atoms with Crippen molar-refractivity contribution >= 4 is 27.3 Å². The molecular weight excluding hydrogens is 292 g/mol. The van der Waals surface area contributed by atoms with E-state index in [1.54, 1.807) is 38.1 Å². The Morgan fingerprint density at radius 2 is 1.89 bits per heavy atom. The topological polar surface area (TPSA) is 46.2 Å². The van der Waals surface area contributed by atoms with Crippen LogP contribution in [-0.2, 0) is 9.84 Å². The molecule has 0 aliphatic rings. The molecule has 0 saturated heterocycles. The molecular formula is C12H17F2NO2S2. The van der Waals surface area contributed by atoms with Gasteiger partial charge in [-0.05, 0) is 26.0 Å². The fourth-order valence-corrected chi connectivity index (χ4v) is 2.85. The zero-order valence-electron chi connectivity index (χ0n) is 10.8. The predicted molar refractivity (Wildman–Crippen MR) is 75.7 cm³/mol. The molecule has 0 fully saturated rings. The summed E-state index contributed by atoms with van der Waals surface area (Å²) in [6, 6.07) is 6.62. The van der Waals surface area contributed by atoms with E-state index in [0.717, 1.165) is 0 Å². The van der Waals surface area contributed by atoms with E-state index >= 15 is 0 Å². The molecule has 0 atom stereocenters. The van der Waals surface area contributed by atoms with E-state index in [1.807, 2.05) is 0 Å². The second-order valence-electron chi connectivity index (χ2n) is 4.22. The second kappa shape index (κ2) is 7.09. The number of thioether (sulfide) groups is 1. The van der Waals surface area contributed by atoms with E-state index in [-0.39, 0.29) is 12.3 Å². The molecule has 0 unspecified atom stereocenters. The van der Waals surface area contributed by atoms with Crippen molar-refractivity contribution in [3.05, 3.63) is 24.3 Å². The summed E-state index contributed by atoms with van der Waals surface area (Å²) >= 11 is 0.444. The van der Waals surface area contributed by atoms with Gasteiger partial charge in [0.25, 0.3) is 5.76 Å². The van der Waals surface area contributed by atoms with Crippen LogP contribution in [0, 0.1) is 0 Å². The van der Waals surface area contributed by atoms with E-state index < -0.39 is 20.8 Å². The molecule has 0 heterocycles. The highest BCUT2D eigenvalue weighted by Crippen LogP contribution is 2.31. The molecule has 0 aliphatic carbocycles. The Hall–Kier alpha value is -0.820. The highest BCUT2D eigenvalue weighted by atomic mass is 32.2. The van der Waals surface area contributed by atoms with Crippen molar-refractivity contribution in [2.75, 3.05) is 17.6 Å². The Labute approximate surface area is 116 Å². The monoisotopic (exact) mass is 309 g/mol. The molecule has 1 aromatic rings. The highest BCUT2D eigenvalue weighted by Gasteiger charge is 2.16. The van der Waals surface area contributed by atoms with Crippen LogP contribution in [0.5, 0.6) is 0 Å². The summed E-state index contributed by atoms with van der Waals surface area (Å²) in [5, 5.41) is 2.47. The van der Waals surface area contributed by atoms with Crippen LogP contribution in [0.15, 0.2) is 29.2 Å². The molecule has 0 aromatic heterocycles. The molecule has 0 saturated carbocycles. The molecule has 1 aromatic carbocycles. The van der Waals surface area contributed by atoms with Crippen LogP contribution in [0.1, 0.15) is 13.8 Å². The maximum Gasteiger partial charge on any atom is 0.288 e. The predicted octanol–water partition coefficient (Wildman–Crippen LogP) is 3.24. The number of rotatable bonds is 7. The Balaban J connectivity index is 2.63. The summed E-state index contributed by atoms with van der Waals surface area (Å²) < 4.78 is 48.0. The van der Waals surface area contributed by atoms with E-state index in [0.29, 0.717) is 22.3 Å². The Kier molecular flexibility index (Phi) is 6.06. The van der Waals surface area contributed by atoms with E-state index in [9.17, 15) is 17.2 Å². The van der Waals surface area contributed by atoms with Crippen molar-refractivity contribution in [1.29, 1.82) is 0 Å². The quantitative estimate of drug-likeness (QED) is 0.786. The minimum atomic E-state index is -3.12. The molecule has 3 nitrogen and oxygen atoms in total. The summed E-state index contributed by atoms with van der Waals surface area (Å²) in [5.74, 6) is -2.51. The zero-order chi connectivity index (χ0) is 14.5. The first-order valence-electron chi connectivity index (χ1n) is 5.82. The van der Waals surface area contributed by atoms with Crippen molar-refractivity contribution in [2.24, 2.45) is 0 Å². The van der Waals surface area contributed by atoms with Crippen molar-refractivity contribution < 1.29 is 17.2 Å². The van der Waals surface area contributed by atoms with Crippen LogP contribution >= 0.6 is 11.8 Å². The van der Waals surface area contributed by atoms with Crippen LogP contribution < -0.4 is 5.32 Å². The number of sulfone groups is 1. The third kappa shape index (κ3) is 5.36. The second-order valence-corrected chi connectivity index (χ2v) is 7.93. The van der Waals surface area contributed by atoms with Crippen molar-refractivity contribution in [2.45, 2.75) is 29.8 Å². The lowest BCUT2D eigenvalue weighted by molar-refractivity contribution is 0.252. The Morgan fingerprint density at radius 1 is 1.26 bits per heavy atom. The highest BCUT2D eigenvalue weighted by molar-refractivity contribution is 7.99. The number of halogens is 2. The lowest BCUT2D eigenvalue weighted by Crippen LogP contribution is -2.23. The molecule has 0 aliphatic heterocycles. The first-order valence-corrected chi connectivity index (χ1v) is 8.41. The van der Waals surface area contributed by atoms with Gasteiger partial charge < -0.3 is 5.32 Å². The number of para-hydroxylation sites is 1. The van der Waals surface area contributed by atoms with Gasteiger partial charge in [-0.25, -0.2) is 8.42 Å². The molecule has 0 amide bonds. The number of hydrogen-bond acceptors (Lipinski definition) is 4. The lowest BCUT2D eigenvalue weighted by Gasteiger charge is -2.12. The molecule has 19 heavy (non-hydrogen) atoms. The van der Waals surface area contributed by atoms with Crippen molar-refractivity contribution in [3.63, 3.8) is 0 Å². The Morgan fingerprint density at radius 3 is 2.47 bits per heavy atom. The smallest absolute Gasteiger partial charge is 0.288 e. The molecule has 0 spiro atoms. The molecule has 1 N–H and O–H groups in total. The summed E-state index contributed by atoms with van der Waals surface area (Å²) in [6.45, 7) is 3.45. The maximum atomic E-state index is 12.4. The maximum absolute atomic E-state index is 12.4. The number of hydrogen-bond donors (Lipinski definition) is 1. The molecule has 7 heteroatoms. The standard InChI is InChI=1S/C12H17F2NO2S2/c1-9(2)19(16,17)8-7-15-10-5-3-4-6-11(10)18-12(13)14/h3-6,9,12,15H,7-8H2,1-2H3. The van der Waals surface area contributed by atoms with Gasteiger partial charge >= 0.3 is 0 Å². The number of benzene rings is 1. The zero-order valence-corrected chi connectivity index (χ0v) is 12.4. The third-order valence-corrected chi connectivity index (χ3v) is 5.52. The first kappa shape index (κ1) is 16.2. The fraction of sp³-hybridized carbons (Fsp3) is 0.500. The van der Waals surface area contributed by atoms with Gasteiger partial charge in [-0.15, -0.1) is 0 Å². The van der Waals surface area contributed by atoms with Crippen LogP contribution in [0.3, 0.4) is 0 Å². The minimum Gasteiger partial charge on any atom is -0.383 e. The summed E-state index contributed by atoms with van der Waals surface area (Å²) in [5.41, 5.74) is 0.534. The number of anilines is 1. The Bertz CT molecular complexity index is 504. The first-order chi connectivity index (χ1) is 8.83. The van der Waals surface area contributed by atoms with Gasteiger partial charge in [0.2, 0.25) is 0 Å². The van der Waals surface area contributed by atoms with Gasteiger partial charge in [0.1, 0.15) is 0 Å². The van der Waals surface area contributed by atoms with Crippen LogP contribution in [-0.4, -0.2) is 31.7 Å². The average molecular weight is 309 g/mol. The lowest BCUT2D eigenvalue weighted by atomic mass is 10.3. The molecule has 1 rings (SSSR count). The molecule has 108 valence electrons. The van der Waals surface area contributed by atoms with Crippen molar-refractivity contribution in [1.82, 2.24) is 0 Å². The summed E-state index contributed by atoms with van der Waals surface area (Å²) in [4.78, 5) is 0.416. The normalized spacial score (nSPS) is 12.1. The number of alkyl halides is 2. The molecule has 0 radical (unpaired) electrons. The van der Waals surface area contributed by atoms with Crippen LogP contribution in [0.2, 0.25) is 0 Å². The van der Waals surface area contributed by atoms with Gasteiger partial charge in [-0.2, -0.15) is 8.78 Å². The summed E-state index contributed by atoms with van der Waals surface area (Å²) in [7, 11) is -3.12.